The van der Waals surface area contributed by atoms with Gasteiger partial charge in [0.1, 0.15) is 0 Å². The molecule has 0 unspecified atom stereocenters. The predicted molar refractivity (Wildman–Crippen MR) is 99.1 cm³/mol. The maximum absolute atomic E-state index is 12.7. The fraction of sp³-hybridized carbons (Fsp3) is 0.300. The highest BCUT2D eigenvalue weighted by molar-refractivity contribution is 6.30. The Bertz CT molecular complexity index is 725. The van der Waals surface area contributed by atoms with E-state index in [0.717, 1.165) is 12.0 Å². The van der Waals surface area contributed by atoms with Crippen molar-refractivity contribution in [3.05, 3.63) is 70.2 Å². The number of carbonyl (C=O) groups is 2. The minimum absolute atomic E-state index is 0.0285. The Morgan fingerprint density at radius 3 is 1.96 bits per heavy atom. The molecule has 5 heteroatoms. The van der Waals surface area contributed by atoms with E-state index in [2.05, 4.69) is 0 Å². The van der Waals surface area contributed by atoms with Gasteiger partial charge < -0.3 is 9.80 Å². The van der Waals surface area contributed by atoms with Crippen molar-refractivity contribution in [3.8, 4) is 0 Å². The standard InChI is InChI=1S/C20H21ClN2O2/c1-15-5-2-6-16(13-15)19(24)22-9-4-10-23(12-11-22)20(25)17-7-3-8-18(21)14-17/h2-3,5-8,13-14H,4,9-12H2,1H3. The molecule has 0 aliphatic carbocycles. The topological polar surface area (TPSA) is 40.6 Å². The van der Waals surface area contributed by atoms with Crippen molar-refractivity contribution in [3.63, 3.8) is 0 Å². The number of carbonyl (C=O) groups excluding carboxylic acids is 2. The molecular weight excluding hydrogens is 336 g/mol. The molecule has 0 atom stereocenters. The number of benzene rings is 2. The summed E-state index contributed by atoms with van der Waals surface area (Å²) in [6.45, 7) is 4.35. The molecule has 0 bridgehead atoms. The Labute approximate surface area is 153 Å². The van der Waals surface area contributed by atoms with Gasteiger partial charge in [-0.05, 0) is 43.7 Å². The Kier molecular flexibility index (Phi) is 5.39. The molecule has 4 nitrogen and oxygen atoms in total. The molecule has 0 saturated carbocycles. The number of rotatable bonds is 2. The summed E-state index contributed by atoms with van der Waals surface area (Å²) in [6.07, 6.45) is 0.768. The van der Waals surface area contributed by atoms with Gasteiger partial charge in [0.2, 0.25) is 0 Å². The van der Waals surface area contributed by atoms with Crippen molar-refractivity contribution in [2.45, 2.75) is 13.3 Å². The van der Waals surface area contributed by atoms with Crippen molar-refractivity contribution in [1.82, 2.24) is 9.80 Å². The van der Waals surface area contributed by atoms with E-state index in [4.69, 9.17) is 11.6 Å². The maximum atomic E-state index is 12.7. The minimum atomic E-state index is -0.0349. The molecule has 1 aliphatic rings. The summed E-state index contributed by atoms with van der Waals surface area (Å²) in [5, 5.41) is 0.553. The Hall–Kier alpha value is -2.33. The van der Waals surface area contributed by atoms with E-state index in [-0.39, 0.29) is 11.8 Å². The van der Waals surface area contributed by atoms with E-state index in [9.17, 15) is 9.59 Å². The lowest BCUT2D eigenvalue weighted by atomic mass is 10.1. The summed E-state index contributed by atoms with van der Waals surface area (Å²) in [6, 6.07) is 14.6. The van der Waals surface area contributed by atoms with E-state index >= 15 is 0 Å². The summed E-state index contributed by atoms with van der Waals surface area (Å²) in [4.78, 5) is 29.0. The molecule has 0 aromatic heterocycles. The van der Waals surface area contributed by atoms with Gasteiger partial charge in [-0.15, -0.1) is 0 Å². The van der Waals surface area contributed by atoms with Crippen molar-refractivity contribution in [2.24, 2.45) is 0 Å². The van der Waals surface area contributed by atoms with Crippen LogP contribution in [0.1, 0.15) is 32.7 Å². The van der Waals surface area contributed by atoms with Crippen LogP contribution in [0.3, 0.4) is 0 Å². The Morgan fingerprint density at radius 2 is 1.40 bits per heavy atom. The molecule has 0 radical (unpaired) electrons. The summed E-state index contributed by atoms with van der Waals surface area (Å²) in [5.41, 5.74) is 2.36. The van der Waals surface area contributed by atoms with Crippen molar-refractivity contribution in [1.29, 1.82) is 0 Å². The molecule has 1 aliphatic heterocycles. The van der Waals surface area contributed by atoms with Gasteiger partial charge >= 0.3 is 0 Å². The maximum Gasteiger partial charge on any atom is 0.253 e. The molecule has 2 aromatic rings. The molecular formula is C20H21ClN2O2. The van der Waals surface area contributed by atoms with Gasteiger partial charge in [0.05, 0.1) is 0 Å². The number of hydrogen-bond donors (Lipinski definition) is 0. The molecule has 130 valence electrons. The third kappa shape index (κ3) is 4.20. The van der Waals surface area contributed by atoms with Gasteiger partial charge in [-0.3, -0.25) is 9.59 Å². The first-order chi connectivity index (χ1) is 12.0. The smallest absolute Gasteiger partial charge is 0.253 e. The number of aryl methyl sites for hydroxylation is 1. The van der Waals surface area contributed by atoms with Crippen LogP contribution < -0.4 is 0 Å². The molecule has 25 heavy (non-hydrogen) atoms. The monoisotopic (exact) mass is 356 g/mol. The van der Waals surface area contributed by atoms with E-state index in [0.29, 0.717) is 42.3 Å². The fourth-order valence-corrected chi connectivity index (χ4v) is 3.28. The first-order valence-corrected chi connectivity index (χ1v) is 8.83. The van der Waals surface area contributed by atoms with Crippen LogP contribution in [-0.4, -0.2) is 47.8 Å². The summed E-state index contributed by atoms with van der Waals surface area (Å²) in [7, 11) is 0. The second-order valence-corrected chi connectivity index (χ2v) is 6.75. The number of nitrogens with zero attached hydrogens (tertiary/aromatic N) is 2. The Balaban J connectivity index is 1.68. The van der Waals surface area contributed by atoms with Gasteiger partial charge in [-0.25, -0.2) is 0 Å². The van der Waals surface area contributed by atoms with Crippen molar-refractivity contribution >= 4 is 23.4 Å². The third-order valence-corrected chi connectivity index (χ3v) is 4.64. The van der Waals surface area contributed by atoms with Crippen molar-refractivity contribution < 1.29 is 9.59 Å². The van der Waals surface area contributed by atoms with Crippen LogP contribution in [0, 0.1) is 6.92 Å². The zero-order chi connectivity index (χ0) is 17.8. The van der Waals surface area contributed by atoms with Gasteiger partial charge in [-0.2, -0.15) is 0 Å². The van der Waals surface area contributed by atoms with Gasteiger partial charge in [0, 0.05) is 42.3 Å². The third-order valence-electron chi connectivity index (χ3n) is 4.41. The van der Waals surface area contributed by atoms with Gasteiger partial charge in [0.15, 0.2) is 0 Å². The van der Waals surface area contributed by atoms with Crippen LogP contribution in [0.25, 0.3) is 0 Å². The second-order valence-electron chi connectivity index (χ2n) is 6.32. The fourth-order valence-electron chi connectivity index (χ4n) is 3.09. The molecule has 1 saturated heterocycles. The summed E-state index contributed by atoms with van der Waals surface area (Å²) < 4.78 is 0. The highest BCUT2D eigenvalue weighted by atomic mass is 35.5. The Morgan fingerprint density at radius 1 is 0.840 bits per heavy atom. The molecule has 2 aromatic carbocycles. The molecule has 1 fully saturated rings. The van der Waals surface area contributed by atoms with Crippen LogP contribution in [-0.2, 0) is 0 Å². The lowest BCUT2D eigenvalue weighted by Gasteiger charge is -2.22. The average Bonchev–Trinajstić information content (AvgIpc) is 2.86. The second kappa shape index (κ2) is 7.70. The molecule has 1 heterocycles. The van der Waals surface area contributed by atoms with Crippen molar-refractivity contribution in [2.75, 3.05) is 26.2 Å². The SMILES string of the molecule is Cc1cccc(C(=O)N2CCCN(C(=O)c3cccc(Cl)c3)CC2)c1. The van der Waals surface area contributed by atoms with Crippen LogP contribution >= 0.6 is 11.6 Å². The summed E-state index contributed by atoms with van der Waals surface area (Å²) >= 11 is 5.98. The summed E-state index contributed by atoms with van der Waals surface area (Å²) in [5.74, 6) is -0.00638. The minimum Gasteiger partial charge on any atom is -0.337 e. The van der Waals surface area contributed by atoms with Crippen LogP contribution in [0.2, 0.25) is 5.02 Å². The molecule has 0 spiro atoms. The number of hydrogen-bond acceptors (Lipinski definition) is 2. The van der Waals surface area contributed by atoms with E-state index in [1.165, 1.54) is 0 Å². The van der Waals surface area contributed by atoms with Crippen LogP contribution in [0.15, 0.2) is 48.5 Å². The first-order valence-electron chi connectivity index (χ1n) is 8.45. The predicted octanol–water partition coefficient (Wildman–Crippen LogP) is 3.64. The van der Waals surface area contributed by atoms with Gasteiger partial charge in [0.25, 0.3) is 11.8 Å². The molecule has 0 N–H and O–H groups in total. The zero-order valence-electron chi connectivity index (χ0n) is 14.2. The first kappa shape index (κ1) is 17.5. The van der Waals surface area contributed by atoms with E-state index in [1.807, 2.05) is 36.1 Å². The van der Waals surface area contributed by atoms with Crippen LogP contribution in [0.5, 0.6) is 0 Å². The van der Waals surface area contributed by atoms with Gasteiger partial charge in [-0.1, -0.05) is 35.4 Å². The average molecular weight is 357 g/mol. The largest absolute Gasteiger partial charge is 0.337 e. The lowest BCUT2D eigenvalue weighted by molar-refractivity contribution is 0.0718. The number of amides is 2. The molecule has 3 rings (SSSR count). The highest BCUT2D eigenvalue weighted by Crippen LogP contribution is 2.15. The number of halogens is 1. The van der Waals surface area contributed by atoms with E-state index < -0.39 is 0 Å². The highest BCUT2D eigenvalue weighted by Gasteiger charge is 2.23. The quantitative estimate of drug-likeness (QED) is 0.824. The van der Waals surface area contributed by atoms with Crippen LogP contribution in [0.4, 0.5) is 0 Å². The zero-order valence-corrected chi connectivity index (χ0v) is 15.0. The molecule has 2 amide bonds. The normalized spacial score (nSPS) is 15.0. The lowest BCUT2D eigenvalue weighted by Crippen LogP contribution is -2.37. The van der Waals surface area contributed by atoms with E-state index in [1.54, 1.807) is 29.2 Å².